The van der Waals surface area contributed by atoms with Crippen molar-refractivity contribution < 1.29 is 4.79 Å². The number of carbonyl (C=O) groups excluding carboxylic acids is 1. The molecule has 0 bridgehead atoms. The summed E-state index contributed by atoms with van der Waals surface area (Å²) in [5.41, 5.74) is 1.45. The molecule has 0 spiro atoms. The number of benzene rings is 1. The van der Waals surface area contributed by atoms with Crippen LogP contribution < -0.4 is 5.32 Å². The van der Waals surface area contributed by atoms with E-state index < -0.39 is 0 Å². The predicted molar refractivity (Wildman–Crippen MR) is 109 cm³/mol. The van der Waals surface area contributed by atoms with Crippen molar-refractivity contribution in [1.29, 1.82) is 0 Å². The maximum atomic E-state index is 12.7. The Morgan fingerprint density at radius 1 is 1.25 bits per heavy atom. The molecule has 0 aliphatic carbocycles. The summed E-state index contributed by atoms with van der Waals surface area (Å²) in [6.07, 6.45) is 3.96. The Bertz CT molecular complexity index is 870. The van der Waals surface area contributed by atoms with Crippen LogP contribution in [0.25, 0.3) is 5.69 Å². The van der Waals surface area contributed by atoms with Crippen molar-refractivity contribution in [2.24, 2.45) is 5.92 Å². The van der Waals surface area contributed by atoms with Crippen LogP contribution >= 0.6 is 11.3 Å². The van der Waals surface area contributed by atoms with Crippen LogP contribution in [0.15, 0.2) is 48.1 Å². The van der Waals surface area contributed by atoms with E-state index in [0.29, 0.717) is 12.1 Å². The third-order valence-corrected chi connectivity index (χ3v) is 6.30. The molecule has 0 unspecified atom stereocenters. The number of nitrogens with zero attached hydrogens (tertiary/aromatic N) is 5. The molecule has 1 aliphatic heterocycles. The molecular weight excluding hydrogens is 372 g/mol. The maximum Gasteiger partial charge on any atom is 0.251 e. The highest BCUT2D eigenvalue weighted by atomic mass is 32.1. The van der Waals surface area contributed by atoms with Gasteiger partial charge in [0.25, 0.3) is 5.91 Å². The zero-order chi connectivity index (χ0) is 19.3. The van der Waals surface area contributed by atoms with Crippen LogP contribution in [0.5, 0.6) is 0 Å². The SMILES string of the molecule is CC1CCN([C@@H](CNC(=O)c2ccc(-n3cnnn3)cc2)c2cccs2)CC1. The Kier molecular flexibility index (Phi) is 5.78. The van der Waals surface area contributed by atoms with Crippen LogP contribution in [-0.4, -0.2) is 50.6 Å². The van der Waals surface area contributed by atoms with E-state index in [2.05, 4.69) is 50.2 Å². The molecule has 8 heteroatoms. The van der Waals surface area contributed by atoms with E-state index in [1.54, 1.807) is 28.2 Å². The summed E-state index contributed by atoms with van der Waals surface area (Å²) >= 11 is 1.76. The van der Waals surface area contributed by atoms with E-state index >= 15 is 0 Å². The van der Waals surface area contributed by atoms with E-state index in [9.17, 15) is 4.79 Å². The molecule has 2 aromatic heterocycles. The van der Waals surface area contributed by atoms with Crippen LogP contribution in [0.1, 0.15) is 41.0 Å². The third kappa shape index (κ3) is 4.28. The van der Waals surface area contributed by atoms with E-state index in [0.717, 1.165) is 24.7 Å². The fraction of sp³-hybridized carbons (Fsp3) is 0.400. The summed E-state index contributed by atoms with van der Waals surface area (Å²) in [6.45, 7) is 5.10. The lowest BCUT2D eigenvalue weighted by Gasteiger charge is -2.36. The van der Waals surface area contributed by atoms with E-state index in [4.69, 9.17) is 0 Å². The van der Waals surface area contributed by atoms with Gasteiger partial charge in [-0.25, -0.2) is 4.68 Å². The first-order valence-corrected chi connectivity index (χ1v) is 10.5. The molecule has 146 valence electrons. The molecule has 28 heavy (non-hydrogen) atoms. The van der Waals surface area contributed by atoms with Crippen molar-refractivity contribution in [2.45, 2.75) is 25.8 Å². The summed E-state index contributed by atoms with van der Waals surface area (Å²) < 4.78 is 1.56. The quantitative estimate of drug-likeness (QED) is 0.693. The van der Waals surface area contributed by atoms with Gasteiger partial charge in [0.05, 0.1) is 11.7 Å². The zero-order valence-corrected chi connectivity index (χ0v) is 16.7. The summed E-state index contributed by atoms with van der Waals surface area (Å²) in [5.74, 6) is 0.726. The van der Waals surface area contributed by atoms with Gasteiger partial charge in [-0.3, -0.25) is 9.69 Å². The number of rotatable bonds is 6. The van der Waals surface area contributed by atoms with Crippen LogP contribution in [0.3, 0.4) is 0 Å². The normalized spacial score (nSPS) is 16.8. The highest BCUT2D eigenvalue weighted by Crippen LogP contribution is 2.29. The largest absolute Gasteiger partial charge is 0.350 e. The minimum Gasteiger partial charge on any atom is -0.350 e. The monoisotopic (exact) mass is 396 g/mol. The molecule has 7 nitrogen and oxygen atoms in total. The fourth-order valence-corrected chi connectivity index (χ4v) is 4.43. The number of hydrogen-bond donors (Lipinski definition) is 1. The number of carbonyl (C=O) groups is 1. The van der Waals surface area contributed by atoms with Gasteiger partial charge in [-0.05, 0) is 78.0 Å². The van der Waals surface area contributed by atoms with Gasteiger partial charge in [-0.15, -0.1) is 16.4 Å². The van der Waals surface area contributed by atoms with Crippen molar-refractivity contribution in [1.82, 2.24) is 30.4 Å². The number of likely N-dealkylation sites (tertiary alicyclic amines) is 1. The molecule has 3 aromatic rings. The van der Waals surface area contributed by atoms with Gasteiger partial charge in [-0.1, -0.05) is 13.0 Å². The highest BCUT2D eigenvalue weighted by molar-refractivity contribution is 7.10. The minimum absolute atomic E-state index is 0.0600. The fourth-order valence-electron chi connectivity index (χ4n) is 3.57. The van der Waals surface area contributed by atoms with Crippen LogP contribution in [0.4, 0.5) is 0 Å². The standard InChI is InChI=1S/C20H24N6OS/c1-15-8-10-25(11-9-15)18(19-3-2-12-28-19)13-21-20(27)16-4-6-17(7-5-16)26-14-22-23-24-26/h2-7,12,14-15,18H,8-11,13H2,1H3,(H,21,27)/t18-/m0/s1. The van der Waals surface area contributed by atoms with Crippen LogP contribution in [-0.2, 0) is 0 Å². The van der Waals surface area contributed by atoms with Gasteiger partial charge in [0.15, 0.2) is 0 Å². The van der Waals surface area contributed by atoms with Crippen molar-refractivity contribution >= 4 is 17.2 Å². The smallest absolute Gasteiger partial charge is 0.251 e. The Labute approximate surface area is 168 Å². The van der Waals surface area contributed by atoms with Crippen molar-refractivity contribution in [3.05, 3.63) is 58.5 Å². The van der Waals surface area contributed by atoms with Crippen LogP contribution in [0.2, 0.25) is 0 Å². The lowest BCUT2D eigenvalue weighted by Crippen LogP contribution is -2.41. The molecular formula is C20H24N6OS. The first-order chi connectivity index (χ1) is 13.7. The summed E-state index contributed by atoms with van der Waals surface area (Å²) in [4.78, 5) is 16.5. The number of aromatic nitrogens is 4. The maximum absolute atomic E-state index is 12.7. The molecule has 0 saturated carbocycles. The average Bonchev–Trinajstić information content (AvgIpc) is 3.44. The molecule has 1 aromatic carbocycles. The number of nitrogens with one attached hydrogen (secondary N) is 1. The van der Waals surface area contributed by atoms with E-state index in [-0.39, 0.29) is 11.9 Å². The summed E-state index contributed by atoms with van der Waals surface area (Å²) in [5, 5.41) is 16.3. The second-order valence-corrected chi connectivity index (χ2v) is 8.24. The van der Waals surface area contributed by atoms with Gasteiger partial charge in [-0.2, -0.15) is 0 Å². The average molecular weight is 397 g/mol. The molecule has 0 radical (unpaired) electrons. The molecule has 3 heterocycles. The predicted octanol–water partition coefficient (Wildman–Crippen LogP) is 2.93. The first-order valence-electron chi connectivity index (χ1n) is 9.60. The summed E-state index contributed by atoms with van der Waals surface area (Å²) in [6, 6.07) is 11.8. The van der Waals surface area contributed by atoms with Crippen molar-refractivity contribution in [3.63, 3.8) is 0 Å². The molecule has 1 N–H and O–H groups in total. The Hall–Kier alpha value is -2.58. The highest BCUT2D eigenvalue weighted by Gasteiger charge is 2.25. The molecule has 1 fully saturated rings. The van der Waals surface area contributed by atoms with Crippen LogP contribution in [0, 0.1) is 5.92 Å². The zero-order valence-electron chi connectivity index (χ0n) is 15.9. The number of thiophene rings is 1. The second kappa shape index (κ2) is 8.62. The van der Waals surface area contributed by atoms with E-state index in [1.807, 2.05) is 12.1 Å². The molecule has 1 atom stereocenters. The Balaban J connectivity index is 1.41. The number of piperidine rings is 1. The Morgan fingerprint density at radius 3 is 2.68 bits per heavy atom. The molecule has 1 saturated heterocycles. The number of amides is 1. The van der Waals surface area contributed by atoms with Gasteiger partial charge in [0.2, 0.25) is 0 Å². The number of tetrazole rings is 1. The first kappa shape index (κ1) is 18.8. The van der Waals surface area contributed by atoms with Crippen molar-refractivity contribution in [2.75, 3.05) is 19.6 Å². The lowest BCUT2D eigenvalue weighted by atomic mass is 9.97. The molecule has 1 amide bonds. The van der Waals surface area contributed by atoms with Gasteiger partial charge in [0.1, 0.15) is 6.33 Å². The van der Waals surface area contributed by atoms with Gasteiger partial charge < -0.3 is 5.32 Å². The van der Waals surface area contributed by atoms with Crippen molar-refractivity contribution in [3.8, 4) is 5.69 Å². The number of hydrogen-bond acceptors (Lipinski definition) is 6. The topological polar surface area (TPSA) is 75.9 Å². The van der Waals surface area contributed by atoms with Gasteiger partial charge >= 0.3 is 0 Å². The molecule has 1 aliphatic rings. The second-order valence-electron chi connectivity index (χ2n) is 7.26. The van der Waals surface area contributed by atoms with Gasteiger partial charge in [0, 0.05) is 17.0 Å². The molecule has 4 rings (SSSR count). The lowest BCUT2D eigenvalue weighted by molar-refractivity contribution is 0.0915. The minimum atomic E-state index is -0.0600. The third-order valence-electron chi connectivity index (χ3n) is 5.33. The summed E-state index contributed by atoms with van der Waals surface area (Å²) in [7, 11) is 0. The Morgan fingerprint density at radius 2 is 2.04 bits per heavy atom. The van der Waals surface area contributed by atoms with E-state index in [1.165, 1.54) is 24.0 Å².